The maximum atomic E-state index is 13.3. The summed E-state index contributed by atoms with van der Waals surface area (Å²) in [5.74, 6) is -0.0494. The van der Waals surface area contributed by atoms with Crippen LogP contribution in [0.3, 0.4) is 0 Å². The summed E-state index contributed by atoms with van der Waals surface area (Å²) in [6.07, 6.45) is 1.44. The van der Waals surface area contributed by atoms with Crippen LogP contribution in [0, 0.1) is 0 Å². The van der Waals surface area contributed by atoms with Crippen molar-refractivity contribution >= 4 is 34.3 Å². The van der Waals surface area contributed by atoms with Gasteiger partial charge in [-0.25, -0.2) is 4.98 Å². The molecule has 0 saturated heterocycles. The van der Waals surface area contributed by atoms with E-state index in [-0.39, 0.29) is 22.5 Å². The number of para-hydroxylation sites is 1. The summed E-state index contributed by atoms with van der Waals surface area (Å²) < 4.78 is 5.85. The Kier molecular flexibility index (Phi) is 3.89. The Morgan fingerprint density at radius 1 is 1.00 bits per heavy atom. The number of rotatable bonds is 2. The number of aromatic hydroxyl groups is 1. The van der Waals surface area contributed by atoms with Gasteiger partial charge in [0, 0.05) is 6.20 Å². The lowest BCUT2D eigenvalue weighted by molar-refractivity contribution is 0.0970. The van der Waals surface area contributed by atoms with Crippen molar-refractivity contribution in [2.45, 2.75) is 6.04 Å². The number of anilines is 1. The quantitative estimate of drug-likeness (QED) is 0.538. The van der Waals surface area contributed by atoms with Crippen LogP contribution in [0.5, 0.6) is 5.75 Å². The first-order valence-electron chi connectivity index (χ1n) is 8.84. The van der Waals surface area contributed by atoms with Crippen molar-refractivity contribution in [2.24, 2.45) is 0 Å². The molecule has 29 heavy (non-hydrogen) atoms. The van der Waals surface area contributed by atoms with E-state index in [1.54, 1.807) is 48.5 Å². The fourth-order valence-electron chi connectivity index (χ4n) is 3.64. The van der Waals surface area contributed by atoms with Gasteiger partial charge in [0.15, 0.2) is 5.43 Å². The molecule has 0 saturated carbocycles. The standard InChI is InChI=1S/C22H13ClN2O4/c23-13-7-10-17(24-11-13)25-19(12-5-8-14(26)9-6-12)18-20(27)15-3-1-2-4-16(15)29-21(18)22(25)28/h1-11,19,26H. The molecule has 1 amide bonds. The maximum absolute atomic E-state index is 13.3. The molecule has 5 rings (SSSR count). The van der Waals surface area contributed by atoms with Crippen LogP contribution in [0.2, 0.25) is 5.02 Å². The molecular formula is C22H13ClN2O4. The van der Waals surface area contributed by atoms with Gasteiger partial charge in [0.05, 0.1) is 22.0 Å². The molecule has 0 aliphatic carbocycles. The molecule has 0 radical (unpaired) electrons. The van der Waals surface area contributed by atoms with Crippen molar-refractivity contribution in [3.63, 3.8) is 0 Å². The monoisotopic (exact) mass is 404 g/mol. The van der Waals surface area contributed by atoms with Crippen LogP contribution in [-0.2, 0) is 0 Å². The van der Waals surface area contributed by atoms with E-state index in [4.69, 9.17) is 16.0 Å². The SMILES string of the molecule is O=C1c2oc3ccccc3c(=O)c2C(c2ccc(O)cc2)N1c1ccc(Cl)cn1. The third kappa shape index (κ3) is 2.68. The number of hydrogen-bond acceptors (Lipinski definition) is 5. The summed E-state index contributed by atoms with van der Waals surface area (Å²) in [4.78, 5) is 32.3. The van der Waals surface area contributed by atoms with E-state index in [0.29, 0.717) is 27.4 Å². The van der Waals surface area contributed by atoms with Crippen molar-refractivity contribution < 1.29 is 14.3 Å². The van der Waals surface area contributed by atoms with Crippen LogP contribution >= 0.6 is 11.6 Å². The third-order valence-corrected chi connectivity index (χ3v) is 5.17. The number of carbonyl (C=O) groups is 1. The highest BCUT2D eigenvalue weighted by molar-refractivity contribution is 6.30. The van der Waals surface area contributed by atoms with Crippen LogP contribution in [0.15, 0.2) is 76.1 Å². The first-order valence-corrected chi connectivity index (χ1v) is 9.22. The number of phenolic OH excluding ortho intramolecular Hbond substituents is 1. The van der Waals surface area contributed by atoms with E-state index < -0.39 is 11.9 Å². The van der Waals surface area contributed by atoms with Gasteiger partial charge in [-0.2, -0.15) is 0 Å². The molecule has 2 aromatic carbocycles. The van der Waals surface area contributed by atoms with Gasteiger partial charge in [0.2, 0.25) is 5.76 Å². The molecule has 1 aliphatic rings. The minimum Gasteiger partial charge on any atom is -0.508 e. The van der Waals surface area contributed by atoms with Crippen LogP contribution < -0.4 is 10.3 Å². The number of hydrogen-bond donors (Lipinski definition) is 1. The summed E-state index contributed by atoms with van der Waals surface area (Å²) in [7, 11) is 0. The highest BCUT2D eigenvalue weighted by atomic mass is 35.5. The van der Waals surface area contributed by atoms with Gasteiger partial charge < -0.3 is 9.52 Å². The predicted molar refractivity (Wildman–Crippen MR) is 108 cm³/mol. The zero-order chi connectivity index (χ0) is 20.1. The average Bonchev–Trinajstić information content (AvgIpc) is 3.02. The van der Waals surface area contributed by atoms with Gasteiger partial charge in [0.1, 0.15) is 17.2 Å². The molecule has 0 spiro atoms. The summed E-state index contributed by atoms with van der Waals surface area (Å²) in [6.45, 7) is 0. The number of amides is 1. The lowest BCUT2D eigenvalue weighted by Crippen LogP contribution is -2.30. The minimum atomic E-state index is -0.743. The Bertz CT molecular complexity index is 1310. The van der Waals surface area contributed by atoms with E-state index in [1.165, 1.54) is 23.2 Å². The normalized spacial score (nSPS) is 15.7. The molecule has 142 valence electrons. The van der Waals surface area contributed by atoms with E-state index in [9.17, 15) is 14.7 Å². The number of nitrogens with zero attached hydrogens (tertiary/aromatic N) is 2. The van der Waals surface area contributed by atoms with Gasteiger partial charge in [-0.05, 0) is 42.0 Å². The van der Waals surface area contributed by atoms with Crippen LogP contribution in [-0.4, -0.2) is 16.0 Å². The fraction of sp³-hybridized carbons (Fsp3) is 0.0455. The number of fused-ring (bicyclic) bond motifs is 2. The molecule has 3 heterocycles. The number of halogens is 1. The van der Waals surface area contributed by atoms with Crippen molar-refractivity contribution in [1.82, 2.24) is 4.98 Å². The highest BCUT2D eigenvalue weighted by Gasteiger charge is 2.44. The largest absolute Gasteiger partial charge is 0.508 e. The van der Waals surface area contributed by atoms with E-state index >= 15 is 0 Å². The molecule has 2 aromatic heterocycles. The lowest BCUT2D eigenvalue weighted by Gasteiger charge is -2.24. The molecule has 1 unspecified atom stereocenters. The maximum Gasteiger partial charge on any atom is 0.296 e. The second-order valence-corrected chi connectivity index (χ2v) is 7.11. The number of benzene rings is 2. The number of aromatic nitrogens is 1. The predicted octanol–water partition coefficient (Wildman–Crippen LogP) is 4.30. The zero-order valence-electron chi connectivity index (χ0n) is 14.9. The molecule has 1 aliphatic heterocycles. The van der Waals surface area contributed by atoms with Crippen LogP contribution in [0.4, 0.5) is 5.82 Å². The fourth-order valence-corrected chi connectivity index (χ4v) is 3.75. The smallest absolute Gasteiger partial charge is 0.296 e. The van der Waals surface area contributed by atoms with Crippen LogP contribution in [0.1, 0.15) is 27.7 Å². The number of carbonyl (C=O) groups excluding carboxylic acids is 1. The number of pyridine rings is 1. The average molecular weight is 405 g/mol. The Morgan fingerprint density at radius 2 is 1.76 bits per heavy atom. The molecule has 0 fully saturated rings. The Balaban J connectivity index is 1.81. The van der Waals surface area contributed by atoms with Crippen LogP contribution in [0.25, 0.3) is 11.0 Å². The van der Waals surface area contributed by atoms with Crippen molar-refractivity contribution in [2.75, 3.05) is 4.90 Å². The first kappa shape index (κ1) is 17.5. The van der Waals surface area contributed by atoms with Gasteiger partial charge in [-0.3, -0.25) is 14.5 Å². The Hall–Kier alpha value is -3.64. The summed E-state index contributed by atoms with van der Waals surface area (Å²) in [5, 5.41) is 10.5. The second kappa shape index (κ2) is 6.46. The van der Waals surface area contributed by atoms with Crippen molar-refractivity contribution in [1.29, 1.82) is 0 Å². The lowest BCUT2D eigenvalue weighted by atomic mass is 9.98. The van der Waals surface area contributed by atoms with Gasteiger partial charge in [-0.15, -0.1) is 0 Å². The molecule has 0 bridgehead atoms. The topological polar surface area (TPSA) is 83.6 Å². The summed E-state index contributed by atoms with van der Waals surface area (Å²) in [6, 6.07) is 15.7. The highest BCUT2D eigenvalue weighted by Crippen LogP contribution is 2.40. The van der Waals surface area contributed by atoms with E-state index in [2.05, 4.69) is 4.98 Å². The Labute approximate surface area is 169 Å². The third-order valence-electron chi connectivity index (χ3n) is 4.95. The Morgan fingerprint density at radius 3 is 2.48 bits per heavy atom. The van der Waals surface area contributed by atoms with Crippen molar-refractivity contribution in [3.05, 3.63) is 99.0 Å². The first-order chi connectivity index (χ1) is 14.0. The molecule has 6 nitrogen and oxygen atoms in total. The molecule has 4 aromatic rings. The van der Waals surface area contributed by atoms with Gasteiger partial charge in [0.25, 0.3) is 5.91 Å². The zero-order valence-corrected chi connectivity index (χ0v) is 15.6. The van der Waals surface area contributed by atoms with E-state index in [0.717, 1.165) is 0 Å². The molecule has 1 atom stereocenters. The van der Waals surface area contributed by atoms with Gasteiger partial charge >= 0.3 is 0 Å². The second-order valence-electron chi connectivity index (χ2n) is 6.67. The van der Waals surface area contributed by atoms with E-state index in [1.807, 2.05) is 0 Å². The van der Waals surface area contributed by atoms with Crippen molar-refractivity contribution in [3.8, 4) is 5.75 Å². The molecule has 1 N–H and O–H groups in total. The summed E-state index contributed by atoms with van der Waals surface area (Å²) >= 11 is 5.95. The summed E-state index contributed by atoms with van der Waals surface area (Å²) in [5.41, 5.74) is 0.968. The molecule has 7 heteroatoms. The molecular weight excluding hydrogens is 392 g/mol. The minimum absolute atomic E-state index is 0.0106. The van der Waals surface area contributed by atoms with Gasteiger partial charge in [-0.1, -0.05) is 35.9 Å². The number of phenols is 1.